The molecule has 0 aliphatic heterocycles. The predicted molar refractivity (Wildman–Crippen MR) is 77.1 cm³/mol. The Balaban J connectivity index is 2.17. The first kappa shape index (κ1) is 13.8. The molecule has 3 heteroatoms. The standard InChI is InChI=1S/C15H19BrFN/c1-18-15(9-11-5-3-2-4-6-11)13-10-12(16)7-8-14(13)17/h5,7-8,10,15,18H,2-4,6,9H2,1H3. The molecule has 1 aliphatic rings. The molecule has 1 atom stereocenters. The molecular weight excluding hydrogens is 293 g/mol. The minimum Gasteiger partial charge on any atom is -0.313 e. The van der Waals surface area contributed by atoms with Crippen molar-refractivity contribution < 1.29 is 4.39 Å². The summed E-state index contributed by atoms with van der Waals surface area (Å²) in [5, 5.41) is 3.23. The summed E-state index contributed by atoms with van der Waals surface area (Å²) in [7, 11) is 1.90. The molecule has 0 bridgehead atoms. The van der Waals surface area contributed by atoms with E-state index in [0.29, 0.717) is 0 Å². The second-order valence-corrected chi connectivity index (χ2v) is 5.74. The number of hydrogen-bond donors (Lipinski definition) is 1. The summed E-state index contributed by atoms with van der Waals surface area (Å²) in [6, 6.07) is 5.21. The van der Waals surface area contributed by atoms with Crippen LogP contribution < -0.4 is 5.32 Å². The lowest BCUT2D eigenvalue weighted by atomic mass is 9.91. The van der Waals surface area contributed by atoms with Gasteiger partial charge < -0.3 is 5.32 Å². The summed E-state index contributed by atoms with van der Waals surface area (Å²) < 4.78 is 14.8. The number of hydrogen-bond acceptors (Lipinski definition) is 1. The molecule has 0 amide bonds. The van der Waals surface area contributed by atoms with Gasteiger partial charge in [-0.15, -0.1) is 0 Å². The van der Waals surface area contributed by atoms with E-state index in [0.717, 1.165) is 22.9 Å². The van der Waals surface area contributed by atoms with Gasteiger partial charge in [-0.3, -0.25) is 0 Å². The van der Waals surface area contributed by atoms with Crippen LogP contribution >= 0.6 is 15.9 Å². The molecule has 0 saturated carbocycles. The average Bonchev–Trinajstić information content (AvgIpc) is 2.40. The lowest BCUT2D eigenvalue weighted by molar-refractivity contribution is 0.518. The van der Waals surface area contributed by atoms with E-state index >= 15 is 0 Å². The van der Waals surface area contributed by atoms with E-state index in [4.69, 9.17) is 0 Å². The summed E-state index contributed by atoms with van der Waals surface area (Å²) in [6.45, 7) is 0. The first-order valence-corrected chi connectivity index (χ1v) is 7.30. The van der Waals surface area contributed by atoms with Gasteiger partial charge in [-0.05, 0) is 57.4 Å². The fourth-order valence-corrected chi connectivity index (χ4v) is 2.88. The molecule has 0 heterocycles. The van der Waals surface area contributed by atoms with Gasteiger partial charge in [0.2, 0.25) is 0 Å². The van der Waals surface area contributed by atoms with Crippen LogP contribution in [0.25, 0.3) is 0 Å². The normalized spacial score (nSPS) is 17.4. The minimum atomic E-state index is -0.131. The third kappa shape index (κ3) is 3.42. The van der Waals surface area contributed by atoms with Crippen LogP contribution in [0.5, 0.6) is 0 Å². The van der Waals surface area contributed by atoms with E-state index in [1.807, 2.05) is 13.1 Å². The number of rotatable bonds is 4. The van der Waals surface area contributed by atoms with Crippen molar-refractivity contribution >= 4 is 15.9 Å². The fraction of sp³-hybridized carbons (Fsp3) is 0.467. The Morgan fingerprint density at radius 3 is 2.89 bits per heavy atom. The van der Waals surface area contributed by atoms with Gasteiger partial charge in [-0.2, -0.15) is 0 Å². The number of nitrogens with one attached hydrogen (secondary N) is 1. The highest BCUT2D eigenvalue weighted by Crippen LogP contribution is 2.30. The quantitative estimate of drug-likeness (QED) is 0.792. The molecule has 1 aromatic rings. The van der Waals surface area contributed by atoms with Crippen molar-refractivity contribution in [1.82, 2.24) is 5.32 Å². The van der Waals surface area contributed by atoms with Crippen LogP contribution in [0.2, 0.25) is 0 Å². The van der Waals surface area contributed by atoms with E-state index in [1.165, 1.54) is 30.9 Å². The van der Waals surface area contributed by atoms with Crippen LogP contribution in [0.15, 0.2) is 34.3 Å². The Labute approximate surface area is 117 Å². The van der Waals surface area contributed by atoms with Crippen LogP contribution in [-0.2, 0) is 0 Å². The van der Waals surface area contributed by atoms with Gasteiger partial charge in [0.1, 0.15) is 5.82 Å². The summed E-state index contributed by atoms with van der Waals surface area (Å²) in [6.07, 6.45) is 8.12. The Bertz CT molecular complexity index is 442. The maximum atomic E-state index is 13.9. The molecule has 98 valence electrons. The third-order valence-electron chi connectivity index (χ3n) is 3.53. The molecule has 0 spiro atoms. The van der Waals surface area contributed by atoms with Crippen molar-refractivity contribution in [2.24, 2.45) is 0 Å². The third-order valence-corrected chi connectivity index (χ3v) is 4.03. The van der Waals surface area contributed by atoms with Crippen molar-refractivity contribution in [3.8, 4) is 0 Å². The largest absolute Gasteiger partial charge is 0.313 e. The van der Waals surface area contributed by atoms with Crippen molar-refractivity contribution in [2.75, 3.05) is 7.05 Å². The van der Waals surface area contributed by atoms with Crippen LogP contribution in [0, 0.1) is 5.82 Å². The molecule has 18 heavy (non-hydrogen) atoms. The molecule has 0 fully saturated rings. The van der Waals surface area contributed by atoms with Crippen molar-refractivity contribution in [1.29, 1.82) is 0 Å². The Kier molecular flexibility index (Phi) is 4.95. The molecular formula is C15H19BrFN. The molecule has 0 radical (unpaired) electrons. The maximum absolute atomic E-state index is 13.9. The lowest BCUT2D eigenvalue weighted by Gasteiger charge is -2.21. The van der Waals surface area contributed by atoms with Crippen LogP contribution in [-0.4, -0.2) is 7.05 Å². The fourth-order valence-electron chi connectivity index (χ4n) is 2.50. The minimum absolute atomic E-state index is 0.0619. The first-order valence-electron chi connectivity index (χ1n) is 6.51. The Morgan fingerprint density at radius 1 is 1.39 bits per heavy atom. The van der Waals surface area contributed by atoms with Gasteiger partial charge in [-0.1, -0.05) is 27.6 Å². The molecule has 1 aliphatic carbocycles. The monoisotopic (exact) mass is 311 g/mol. The molecule has 1 aromatic carbocycles. The maximum Gasteiger partial charge on any atom is 0.128 e. The lowest BCUT2D eigenvalue weighted by Crippen LogP contribution is -2.18. The first-order chi connectivity index (χ1) is 8.70. The van der Waals surface area contributed by atoms with Crippen LogP contribution in [0.3, 0.4) is 0 Å². The smallest absolute Gasteiger partial charge is 0.128 e. The second-order valence-electron chi connectivity index (χ2n) is 4.82. The molecule has 1 unspecified atom stereocenters. The van der Waals surface area contributed by atoms with E-state index in [2.05, 4.69) is 27.3 Å². The average molecular weight is 312 g/mol. The highest BCUT2D eigenvalue weighted by molar-refractivity contribution is 9.10. The zero-order chi connectivity index (χ0) is 13.0. The van der Waals surface area contributed by atoms with Gasteiger partial charge in [0.05, 0.1) is 0 Å². The van der Waals surface area contributed by atoms with Crippen molar-refractivity contribution in [2.45, 2.75) is 38.1 Å². The number of halogens is 2. The molecule has 2 rings (SSSR count). The Morgan fingerprint density at radius 2 is 2.22 bits per heavy atom. The van der Waals surface area contributed by atoms with Gasteiger partial charge in [-0.25, -0.2) is 4.39 Å². The molecule has 1 N–H and O–H groups in total. The van der Waals surface area contributed by atoms with E-state index in [-0.39, 0.29) is 11.9 Å². The molecule has 0 aromatic heterocycles. The van der Waals surface area contributed by atoms with Gasteiger partial charge >= 0.3 is 0 Å². The topological polar surface area (TPSA) is 12.0 Å². The zero-order valence-corrected chi connectivity index (χ0v) is 12.3. The Hall–Kier alpha value is -0.670. The SMILES string of the molecule is CNC(CC1=CCCCC1)c1cc(Br)ccc1F. The summed E-state index contributed by atoms with van der Waals surface area (Å²) >= 11 is 3.41. The van der Waals surface area contributed by atoms with Crippen molar-refractivity contribution in [3.05, 3.63) is 45.7 Å². The van der Waals surface area contributed by atoms with Crippen LogP contribution in [0.4, 0.5) is 4.39 Å². The highest BCUT2D eigenvalue weighted by Gasteiger charge is 2.17. The van der Waals surface area contributed by atoms with E-state index in [1.54, 1.807) is 6.07 Å². The highest BCUT2D eigenvalue weighted by atomic mass is 79.9. The van der Waals surface area contributed by atoms with Gasteiger partial charge in [0.15, 0.2) is 0 Å². The summed E-state index contributed by atoms with van der Waals surface area (Å²) in [4.78, 5) is 0. The van der Waals surface area contributed by atoms with Gasteiger partial charge in [0, 0.05) is 16.1 Å². The summed E-state index contributed by atoms with van der Waals surface area (Å²) in [5.41, 5.74) is 2.21. The van der Waals surface area contributed by atoms with Crippen LogP contribution in [0.1, 0.15) is 43.7 Å². The predicted octanol–water partition coefficient (Wildman–Crippen LogP) is 4.74. The molecule has 1 nitrogen and oxygen atoms in total. The zero-order valence-electron chi connectivity index (χ0n) is 10.7. The number of allylic oxidation sites excluding steroid dienone is 1. The molecule has 0 saturated heterocycles. The number of benzene rings is 1. The second kappa shape index (κ2) is 6.48. The van der Waals surface area contributed by atoms with Crippen molar-refractivity contribution in [3.63, 3.8) is 0 Å². The van der Waals surface area contributed by atoms with E-state index in [9.17, 15) is 4.39 Å². The van der Waals surface area contributed by atoms with Gasteiger partial charge in [0.25, 0.3) is 0 Å². The van der Waals surface area contributed by atoms with E-state index < -0.39 is 0 Å². The summed E-state index contributed by atoms with van der Waals surface area (Å²) in [5.74, 6) is -0.131.